The number of amides is 1. The average Bonchev–Trinajstić information content (AvgIpc) is 2.43. The molecule has 0 aliphatic carbocycles. The fraction of sp³-hybridized carbons (Fsp3) is 0.800. The Labute approximate surface area is 83.8 Å². The molecule has 1 amide bonds. The molecule has 1 saturated heterocycles. The van der Waals surface area contributed by atoms with Crippen LogP contribution in [-0.4, -0.2) is 18.2 Å². The minimum absolute atomic E-state index is 0.0672. The van der Waals surface area contributed by atoms with Gasteiger partial charge in [0.2, 0.25) is 0 Å². The van der Waals surface area contributed by atoms with Crippen molar-refractivity contribution in [3.8, 4) is 0 Å². The zero-order chi connectivity index (χ0) is 10.9. The van der Waals surface area contributed by atoms with E-state index < -0.39 is 11.8 Å². The monoisotopic (exact) mass is 199 g/mol. The van der Waals surface area contributed by atoms with E-state index in [1.165, 1.54) is 0 Å². The van der Waals surface area contributed by atoms with Gasteiger partial charge in [0, 0.05) is 12.3 Å². The lowest BCUT2D eigenvalue weighted by Gasteiger charge is -2.16. The standard InChI is InChI=1S/C10H17NO3/c1-4-8(12)9-7(6(2)3)5-11(14)10(9)13/h6-7,9,11H,4-5H2,1-3H3/t7-,9?/m0/s1. The van der Waals surface area contributed by atoms with Gasteiger partial charge >= 0.3 is 5.91 Å². The molecule has 4 heteroatoms. The number of carbonyl (C=O) groups is 2. The van der Waals surface area contributed by atoms with E-state index in [-0.39, 0.29) is 29.2 Å². The van der Waals surface area contributed by atoms with Crippen molar-refractivity contribution in [3.63, 3.8) is 0 Å². The summed E-state index contributed by atoms with van der Waals surface area (Å²) in [5, 5.41) is 10.9. The topological polar surface area (TPSA) is 61.6 Å². The molecule has 1 aliphatic heterocycles. The number of hydrogen-bond acceptors (Lipinski definition) is 3. The fourth-order valence-corrected chi connectivity index (χ4v) is 2.03. The van der Waals surface area contributed by atoms with E-state index in [1.54, 1.807) is 6.92 Å². The summed E-state index contributed by atoms with van der Waals surface area (Å²) < 4.78 is 0. The van der Waals surface area contributed by atoms with Crippen molar-refractivity contribution < 1.29 is 14.7 Å². The van der Waals surface area contributed by atoms with Gasteiger partial charge in [0.25, 0.3) is 0 Å². The molecule has 0 spiro atoms. The van der Waals surface area contributed by atoms with Crippen LogP contribution in [0.3, 0.4) is 0 Å². The molecule has 0 radical (unpaired) electrons. The third-order valence-corrected chi connectivity index (χ3v) is 2.96. The second-order valence-corrected chi connectivity index (χ2v) is 4.20. The zero-order valence-electron chi connectivity index (χ0n) is 8.87. The van der Waals surface area contributed by atoms with Gasteiger partial charge in [-0.15, -0.1) is 0 Å². The van der Waals surface area contributed by atoms with Gasteiger partial charge in [0.15, 0.2) is 0 Å². The first-order valence-corrected chi connectivity index (χ1v) is 5.08. The predicted octanol–water partition coefficient (Wildman–Crippen LogP) is -0.223. The highest BCUT2D eigenvalue weighted by atomic mass is 16.5. The van der Waals surface area contributed by atoms with Gasteiger partial charge in [0.1, 0.15) is 11.7 Å². The van der Waals surface area contributed by atoms with E-state index in [9.17, 15) is 14.8 Å². The average molecular weight is 199 g/mol. The van der Waals surface area contributed by atoms with E-state index in [2.05, 4.69) is 0 Å². The number of Topliss-reactive ketones (excluding diaryl/α,β-unsaturated/α-hetero) is 1. The minimum atomic E-state index is -0.646. The third kappa shape index (κ3) is 1.86. The van der Waals surface area contributed by atoms with Crippen LogP contribution < -0.4 is 5.06 Å². The Balaban J connectivity index is 2.87. The van der Waals surface area contributed by atoms with Gasteiger partial charge in [-0.25, -0.2) is 4.79 Å². The molecule has 1 N–H and O–H groups in total. The number of carbonyl (C=O) groups excluding carboxylic acids is 2. The molecule has 3 atom stereocenters. The second kappa shape index (κ2) is 4.19. The Kier molecular flexibility index (Phi) is 3.39. The smallest absolute Gasteiger partial charge is 0.323 e. The Bertz CT molecular complexity index is 250. The molecule has 1 rings (SSSR count). The highest BCUT2D eigenvalue weighted by molar-refractivity contribution is 5.99. The molecular weight excluding hydrogens is 182 g/mol. The summed E-state index contributed by atoms with van der Waals surface area (Å²) in [6, 6.07) is 0. The van der Waals surface area contributed by atoms with Crippen LogP contribution in [0.5, 0.6) is 0 Å². The molecular formula is C10H17NO3. The van der Waals surface area contributed by atoms with Gasteiger partial charge in [-0.05, 0) is 5.92 Å². The van der Waals surface area contributed by atoms with Crippen molar-refractivity contribution in [2.75, 3.05) is 6.54 Å². The van der Waals surface area contributed by atoms with Crippen molar-refractivity contribution in [3.05, 3.63) is 5.21 Å². The molecule has 80 valence electrons. The second-order valence-electron chi connectivity index (χ2n) is 4.20. The van der Waals surface area contributed by atoms with Crippen molar-refractivity contribution in [1.82, 2.24) is 0 Å². The number of ketones is 1. The van der Waals surface area contributed by atoms with Crippen LogP contribution in [0, 0.1) is 23.0 Å². The summed E-state index contributed by atoms with van der Waals surface area (Å²) in [4.78, 5) is 23.0. The molecule has 1 aliphatic rings. The first-order valence-electron chi connectivity index (χ1n) is 5.08. The molecule has 4 nitrogen and oxygen atoms in total. The Morgan fingerprint density at radius 1 is 1.64 bits per heavy atom. The maximum Gasteiger partial charge on any atom is 0.323 e. The third-order valence-electron chi connectivity index (χ3n) is 2.96. The van der Waals surface area contributed by atoms with Crippen LogP contribution in [0.1, 0.15) is 27.2 Å². The summed E-state index contributed by atoms with van der Waals surface area (Å²) in [7, 11) is 0. The van der Waals surface area contributed by atoms with Crippen LogP contribution in [0.4, 0.5) is 0 Å². The lowest BCUT2D eigenvalue weighted by Crippen LogP contribution is -3.08. The quantitative estimate of drug-likeness (QED) is 0.505. The maximum absolute atomic E-state index is 11.5. The number of hydrogen-bond donors (Lipinski definition) is 1. The Hall–Kier alpha value is -0.740. The van der Waals surface area contributed by atoms with Crippen LogP contribution in [0.15, 0.2) is 0 Å². The summed E-state index contributed by atoms with van der Waals surface area (Å²) in [6.45, 7) is 5.89. The maximum atomic E-state index is 11.5. The predicted molar refractivity (Wildman–Crippen MR) is 51.3 cm³/mol. The number of hydroxylamine groups is 2. The largest absolute Gasteiger partial charge is 0.627 e. The summed E-state index contributed by atoms with van der Waals surface area (Å²) in [6.07, 6.45) is 0.340. The number of nitrogens with one attached hydrogen (secondary N) is 1. The first kappa shape index (κ1) is 11.3. The summed E-state index contributed by atoms with van der Waals surface area (Å²) in [5.74, 6) is -1.05. The molecule has 0 saturated carbocycles. The van der Waals surface area contributed by atoms with Gasteiger partial charge in [-0.2, -0.15) is 0 Å². The van der Waals surface area contributed by atoms with E-state index in [1.807, 2.05) is 13.8 Å². The van der Waals surface area contributed by atoms with E-state index >= 15 is 0 Å². The molecule has 2 unspecified atom stereocenters. The lowest BCUT2D eigenvalue weighted by atomic mass is 9.82. The number of quaternary nitrogens is 1. The minimum Gasteiger partial charge on any atom is -0.627 e. The summed E-state index contributed by atoms with van der Waals surface area (Å²) in [5.41, 5.74) is 0. The van der Waals surface area contributed by atoms with Crippen molar-refractivity contribution in [2.45, 2.75) is 27.2 Å². The Morgan fingerprint density at radius 2 is 2.21 bits per heavy atom. The molecule has 1 heterocycles. The van der Waals surface area contributed by atoms with Gasteiger partial charge in [-0.1, -0.05) is 20.8 Å². The van der Waals surface area contributed by atoms with E-state index in [4.69, 9.17) is 0 Å². The van der Waals surface area contributed by atoms with Crippen molar-refractivity contribution in [1.29, 1.82) is 0 Å². The highest BCUT2D eigenvalue weighted by Crippen LogP contribution is 2.24. The molecule has 0 bridgehead atoms. The zero-order valence-corrected chi connectivity index (χ0v) is 8.87. The molecule has 14 heavy (non-hydrogen) atoms. The van der Waals surface area contributed by atoms with Gasteiger partial charge in [-0.3, -0.25) is 4.79 Å². The lowest BCUT2D eigenvalue weighted by molar-refractivity contribution is -0.758. The molecule has 1 fully saturated rings. The SMILES string of the molecule is CCC(=O)C1C(=O)[NH+]([O-])C[C@H]1C(C)C. The Morgan fingerprint density at radius 3 is 2.64 bits per heavy atom. The van der Waals surface area contributed by atoms with Gasteiger partial charge in [0.05, 0.1) is 6.54 Å². The molecule has 0 aromatic rings. The normalized spacial score (nSPS) is 32.6. The van der Waals surface area contributed by atoms with Gasteiger partial charge < -0.3 is 10.3 Å². The van der Waals surface area contributed by atoms with E-state index in [0.717, 1.165) is 0 Å². The molecule has 0 aromatic carbocycles. The fourth-order valence-electron chi connectivity index (χ4n) is 2.03. The summed E-state index contributed by atoms with van der Waals surface area (Å²) >= 11 is 0. The first-order chi connectivity index (χ1) is 6.49. The van der Waals surface area contributed by atoms with Crippen molar-refractivity contribution in [2.24, 2.45) is 17.8 Å². The van der Waals surface area contributed by atoms with E-state index in [0.29, 0.717) is 6.42 Å². The van der Waals surface area contributed by atoms with Crippen LogP contribution >= 0.6 is 0 Å². The van der Waals surface area contributed by atoms with Crippen LogP contribution in [0.2, 0.25) is 0 Å². The van der Waals surface area contributed by atoms with Crippen LogP contribution in [0.25, 0.3) is 0 Å². The highest BCUT2D eigenvalue weighted by Gasteiger charge is 2.46. The van der Waals surface area contributed by atoms with Crippen molar-refractivity contribution >= 4 is 11.7 Å². The number of rotatable bonds is 3. The molecule has 0 aromatic heterocycles. The van der Waals surface area contributed by atoms with Crippen LogP contribution in [-0.2, 0) is 9.59 Å².